The predicted octanol–water partition coefficient (Wildman–Crippen LogP) is 6.72. The van der Waals surface area contributed by atoms with Crippen LogP contribution in [0.25, 0.3) is 11.1 Å². The molecule has 0 fully saturated rings. The zero-order chi connectivity index (χ0) is 21.1. The summed E-state index contributed by atoms with van der Waals surface area (Å²) in [6.07, 6.45) is 0. The average Bonchev–Trinajstić information content (AvgIpc) is 2.74. The summed E-state index contributed by atoms with van der Waals surface area (Å²) in [5.41, 5.74) is 17.3. The highest BCUT2D eigenvalue weighted by Crippen LogP contribution is 2.34. The molecule has 4 nitrogen and oxygen atoms in total. The molecule has 0 heterocycles. The number of anilines is 2. The molecule has 30 heavy (non-hydrogen) atoms. The molecule has 0 aliphatic carbocycles. The highest BCUT2D eigenvalue weighted by Gasteiger charge is 2.10. The van der Waals surface area contributed by atoms with Crippen molar-refractivity contribution >= 4 is 11.4 Å². The molecule has 0 aromatic heterocycles. The maximum atomic E-state index is 6.10. The van der Waals surface area contributed by atoms with Crippen LogP contribution in [0, 0.1) is 13.8 Å². The van der Waals surface area contributed by atoms with Crippen LogP contribution in [0.5, 0.6) is 23.0 Å². The quantitative estimate of drug-likeness (QED) is 0.367. The van der Waals surface area contributed by atoms with Crippen LogP contribution in [-0.4, -0.2) is 0 Å². The summed E-state index contributed by atoms with van der Waals surface area (Å²) in [5.74, 6) is 3.17. The molecule has 4 rings (SSSR count). The first-order valence-electron chi connectivity index (χ1n) is 9.76. The fourth-order valence-corrected chi connectivity index (χ4v) is 3.32. The zero-order valence-corrected chi connectivity index (χ0v) is 17.1. The van der Waals surface area contributed by atoms with Gasteiger partial charge in [0.05, 0.1) is 0 Å². The summed E-state index contributed by atoms with van der Waals surface area (Å²) in [5, 5.41) is 0. The van der Waals surface area contributed by atoms with Gasteiger partial charge in [0.2, 0.25) is 0 Å². The monoisotopic (exact) mass is 396 g/mol. The number of aryl methyl sites for hydroxylation is 2. The van der Waals surface area contributed by atoms with E-state index in [0.717, 1.165) is 50.9 Å². The van der Waals surface area contributed by atoms with Gasteiger partial charge >= 0.3 is 0 Å². The van der Waals surface area contributed by atoms with Crippen LogP contribution in [0.4, 0.5) is 11.4 Å². The third kappa shape index (κ3) is 4.39. The molecule has 0 spiro atoms. The lowest BCUT2D eigenvalue weighted by atomic mass is 9.99. The smallest absolute Gasteiger partial charge is 0.133 e. The molecule has 0 saturated heterocycles. The van der Waals surface area contributed by atoms with Crippen LogP contribution in [-0.2, 0) is 0 Å². The van der Waals surface area contributed by atoms with Gasteiger partial charge in [-0.3, -0.25) is 0 Å². The molecule has 4 aromatic carbocycles. The maximum Gasteiger partial charge on any atom is 0.133 e. The SMILES string of the molecule is Cc1cc(-c2ccc(Oc3ccc(N)cc3)cc2)cc(C)c1Oc1ccc(N)cc1. The van der Waals surface area contributed by atoms with Gasteiger partial charge in [0.25, 0.3) is 0 Å². The van der Waals surface area contributed by atoms with Gasteiger partial charge < -0.3 is 20.9 Å². The third-order valence-corrected chi connectivity index (χ3v) is 4.86. The molecular formula is C26H24N2O2. The van der Waals surface area contributed by atoms with Crippen LogP contribution in [0.1, 0.15) is 11.1 Å². The Bertz CT molecular complexity index is 1130. The number of rotatable bonds is 5. The van der Waals surface area contributed by atoms with Crippen molar-refractivity contribution in [3.05, 3.63) is 96.1 Å². The first kappa shape index (κ1) is 19.4. The van der Waals surface area contributed by atoms with E-state index in [1.54, 1.807) is 0 Å². The van der Waals surface area contributed by atoms with Gasteiger partial charge in [0.1, 0.15) is 23.0 Å². The fourth-order valence-electron chi connectivity index (χ4n) is 3.32. The van der Waals surface area contributed by atoms with Gasteiger partial charge in [-0.15, -0.1) is 0 Å². The largest absolute Gasteiger partial charge is 0.457 e. The van der Waals surface area contributed by atoms with Crippen molar-refractivity contribution in [1.82, 2.24) is 0 Å². The molecule has 4 aromatic rings. The van der Waals surface area contributed by atoms with Gasteiger partial charge in [-0.05, 0) is 109 Å². The molecule has 0 aliphatic heterocycles. The maximum absolute atomic E-state index is 6.10. The Balaban J connectivity index is 1.53. The molecule has 0 radical (unpaired) electrons. The van der Waals surface area contributed by atoms with Crippen LogP contribution < -0.4 is 20.9 Å². The van der Waals surface area contributed by atoms with Crippen molar-refractivity contribution < 1.29 is 9.47 Å². The van der Waals surface area contributed by atoms with E-state index in [1.165, 1.54) is 0 Å². The molecule has 0 bridgehead atoms. The van der Waals surface area contributed by atoms with E-state index in [0.29, 0.717) is 5.69 Å². The molecule has 0 atom stereocenters. The minimum atomic E-state index is 0.715. The van der Waals surface area contributed by atoms with Crippen molar-refractivity contribution in [3.63, 3.8) is 0 Å². The second kappa shape index (κ2) is 8.21. The Labute approximate surface area is 176 Å². The van der Waals surface area contributed by atoms with E-state index in [9.17, 15) is 0 Å². The van der Waals surface area contributed by atoms with Crippen molar-refractivity contribution in [1.29, 1.82) is 0 Å². The van der Waals surface area contributed by atoms with Gasteiger partial charge in [-0.25, -0.2) is 0 Å². The van der Waals surface area contributed by atoms with E-state index in [1.807, 2.05) is 60.7 Å². The number of hydrogen-bond acceptors (Lipinski definition) is 4. The summed E-state index contributed by atoms with van der Waals surface area (Å²) in [6, 6.07) is 27.1. The van der Waals surface area contributed by atoms with Crippen molar-refractivity contribution in [2.45, 2.75) is 13.8 Å². The predicted molar refractivity (Wildman–Crippen MR) is 123 cm³/mol. The fraction of sp³-hybridized carbons (Fsp3) is 0.0769. The van der Waals surface area contributed by atoms with E-state index in [4.69, 9.17) is 20.9 Å². The lowest BCUT2D eigenvalue weighted by Crippen LogP contribution is -1.93. The average molecular weight is 396 g/mol. The normalized spacial score (nSPS) is 10.6. The van der Waals surface area contributed by atoms with Gasteiger partial charge in [-0.1, -0.05) is 12.1 Å². The lowest BCUT2D eigenvalue weighted by Gasteiger charge is -2.14. The molecule has 4 heteroatoms. The highest BCUT2D eigenvalue weighted by molar-refractivity contribution is 5.68. The Kier molecular flexibility index (Phi) is 5.31. The summed E-state index contributed by atoms with van der Waals surface area (Å²) >= 11 is 0. The lowest BCUT2D eigenvalue weighted by molar-refractivity contribution is 0.475. The van der Waals surface area contributed by atoms with Gasteiger partial charge in [0, 0.05) is 11.4 Å². The van der Waals surface area contributed by atoms with Crippen molar-refractivity contribution in [2.75, 3.05) is 11.5 Å². The van der Waals surface area contributed by atoms with Gasteiger partial charge in [0.15, 0.2) is 0 Å². The number of nitrogen functional groups attached to an aromatic ring is 2. The standard InChI is InChI=1S/C26H24N2O2/c1-17-15-20(16-18(2)26(17)30-25-13-7-22(28)8-14-25)19-3-9-23(10-4-19)29-24-11-5-21(27)6-12-24/h3-16H,27-28H2,1-2H3. The first-order valence-corrected chi connectivity index (χ1v) is 9.76. The Morgan fingerprint density at radius 1 is 0.500 bits per heavy atom. The topological polar surface area (TPSA) is 70.5 Å². The number of hydrogen-bond donors (Lipinski definition) is 2. The molecule has 4 N–H and O–H groups in total. The second-order valence-electron chi connectivity index (χ2n) is 7.31. The third-order valence-electron chi connectivity index (χ3n) is 4.86. The molecule has 150 valence electrons. The summed E-state index contributed by atoms with van der Waals surface area (Å²) in [7, 11) is 0. The second-order valence-corrected chi connectivity index (χ2v) is 7.31. The van der Waals surface area contributed by atoms with Crippen molar-refractivity contribution in [3.8, 4) is 34.1 Å². The minimum absolute atomic E-state index is 0.715. The number of benzene rings is 4. The van der Waals surface area contributed by atoms with Crippen LogP contribution in [0.15, 0.2) is 84.9 Å². The minimum Gasteiger partial charge on any atom is -0.457 e. The van der Waals surface area contributed by atoms with E-state index < -0.39 is 0 Å². The first-order chi connectivity index (χ1) is 14.5. The van der Waals surface area contributed by atoms with Crippen LogP contribution in [0.3, 0.4) is 0 Å². The Morgan fingerprint density at radius 2 is 0.900 bits per heavy atom. The number of nitrogens with two attached hydrogens (primary N) is 2. The summed E-state index contributed by atoms with van der Waals surface area (Å²) in [4.78, 5) is 0. The molecule has 0 saturated carbocycles. The summed E-state index contributed by atoms with van der Waals surface area (Å²) in [6.45, 7) is 4.11. The Morgan fingerprint density at radius 3 is 1.37 bits per heavy atom. The zero-order valence-electron chi connectivity index (χ0n) is 17.1. The Hall–Kier alpha value is -3.92. The van der Waals surface area contributed by atoms with E-state index in [2.05, 4.69) is 38.1 Å². The number of ether oxygens (including phenoxy) is 2. The molecule has 0 amide bonds. The molecule has 0 unspecified atom stereocenters. The van der Waals surface area contributed by atoms with Gasteiger partial charge in [-0.2, -0.15) is 0 Å². The summed E-state index contributed by atoms with van der Waals surface area (Å²) < 4.78 is 12.0. The van der Waals surface area contributed by atoms with Crippen LogP contribution in [0.2, 0.25) is 0 Å². The molecular weight excluding hydrogens is 372 g/mol. The van der Waals surface area contributed by atoms with E-state index >= 15 is 0 Å². The van der Waals surface area contributed by atoms with Crippen LogP contribution >= 0.6 is 0 Å². The van der Waals surface area contributed by atoms with E-state index in [-0.39, 0.29) is 0 Å². The van der Waals surface area contributed by atoms with Crippen molar-refractivity contribution in [2.24, 2.45) is 0 Å². The molecule has 0 aliphatic rings. The highest BCUT2D eigenvalue weighted by atomic mass is 16.5.